The first kappa shape index (κ1) is 18.6. The summed E-state index contributed by atoms with van der Waals surface area (Å²) in [4.78, 5) is 0. The second-order valence-corrected chi connectivity index (χ2v) is 7.67. The van der Waals surface area contributed by atoms with Gasteiger partial charge in [0, 0.05) is 32.9 Å². The van der Waals surface area contributed by atoms with Crippen LogP contribution in [0.5, 0.6) is 23.0 Å². The molecule has 0 amide bonds. The van der Waals surface area contributed by atoms with Crippen molar-refractivity contribution in [2.24, 2.45) is 0 Å². The first-order valence-electron chi connectivity index (χ1n) is 7.83. The molecule has 0 atom stereocenters. The van der Waals surface area contributed by atoms with Gasteiger partial charge in [-0.1, -0.05) is 56.1 Å². The Kier molecular flexibility index (Phi) is 5.44. The molecular formula is C20H16Br2O4. The minimum atomic E-state index is -0.145. The van der Waals surface area contributed by atoms with E-state index in [0.717, 1.165) is 20.1 Å². The molecule has 3 aromatic rings. The molecule has 0 heterocycles. The number of phenolic OH excluding ortho intramolecular Hbond substituents is 4. The van der Waals surface area contributed by atoms with Crippen molar-refractivity contribution >= 4 is 31.9 Å². The molecule has 4 nitrogen and oxygen atoms in total. The summed E-state index contributed by atoms with van der Waals surface area (Å²) in [7, 11) is 0. The van der Waals surface area contributed by atoms with Crippen LogP contribution in [0.3, 0.4) is 0 Å². The minimum Gasteiger partial charge on any atom is -0.504 e. The van der Waals surface area contributed by atoms with Crippen LogP contribution < -0.4 is 0 Å². The molecule has 3 aromatic carbocycles. The molecule has 0 spiro atoms. The average Bonchev–Trinajstić information content (AvgIpc) is 2.60. The van der Waals surface area contributed by atoms with Crippen LogP contribution in [0, 0.1) is 0 Å². The zero-order valence-corrected chi connectivity index (χ0v) is 16.7. The molecule has 0 aliphatic rings. The summed E-state index contributed by atoms with van der Waals surface area (Å²) in [6.45, 7) is 0. The van der Waals surface area contributed by atoms with Gasteiger partial charge in [0.25, 0.3) is 0 Å². The SMILES string of the molecule is Oc1cccc(Cc2cc(Br)c(Cc3cccc(O)c3O)cc2Br)c1O. The molecular weight excluding hydrogens is 464 g/mol. The van der Waals surface area contributed by atoms with Crippen molar-refractivity contribution in [1.82, 2.24) is 0 Å². The van der Waals surface area contributed by atoms with E-state index < -0.39 is 0 Å². The largest absolute Gasteiger partial charge is 0.504 e. The first-order valence-corrected chi connectivity index (χ1v) is 9.42. The zero-order valence-electron chi connectivity index (χ0n) is 13.6. The highest BCUT2D eigenvalue weighted by atomic mass is 79.9. The van der Waals surface area contributed by atoms with E-state index in [2.05, 4.69) is 31.9 Å². The maximum absolute atomic E-state index is 10.00. The number of halogens is 2. The van der Waals surface area contributed by atoms with Crippen LogP contribution in [0.1, 0.15) is 22.3 Å². The van der Waals surface area contributed by atoms with Gasteiger partial charge in [0.05, 0.1) is 0 Å². The highest BCUT2D eigenvalue weighted by Gasteiger charge is 2.13. The van der Waals surface area contributed by atoms with E-state index in [-0.39, 0.29) is 23.0 Å². The molecule has 0 radical (unpaired) electrons. The van der Waals surface area contributed by atoms with E-state index >= 15 is 0 Å². The highest BCUT2D eigenvalue weighted by Crippen LogP contribution is 2.36. The lowest BCUT2D eigenvalue weighted by atomic mass is 9.99. The molecule has 134 valence electrons. The Morgan fingerprint density at radius 1 is 0.577 bits per heavy atom. The van der Waals surface area contributed by atoms with Crippen LogP contribution in [-0.2, 0) is 12.8 Å². The van der Waals surface area contributed by atoms with Crippen LogP contribution in [0.2, 0.25) is 0 Å². The van der Waals surface area contributed by atoms with Crippen molar-refractivity contribution in [3.63, 3.8) is 0 Å². The van der Waals surface area contributed by atoms with Gasteiger partial charge in [0.2, 0.25) is 0 Å². The Morgan fingerprint density at radius 2 is 0.962 bits per heavy atom. The standard InChI is InChI=1S/C20H16Br2O4/c21-15-10-14(8-12-4-2-6-18(24)20(12)26)16(22)9-13(15)7-11-3-1-5-17(23)19(11)25/h1-6,9-10,23-26H,7-8H2. The summed E-state index contributed by atoms with van der Waals surface area (Å²) in [6, 6.07) is 13.6. The van der Waals surface area contributed by atoms with Crippen LogP contribution in [0.25, 0.3) is 0 Å². The minimum absolute atomic E-state index is 0.121. The fourth-order valence-electron chi connectivity index (χ4n) is 2.75. The second kappa shape index (κ2) is 7.60. The smallest absolute Gasteiger partial charge is 0.161 e. The topological polar surface area (TPSA) is 80.9 Å². The van der Waals surface area contributed by atoms with Crippen molar-refractivity contribution in [2.45, 2.75) is 12.8 Å². The quantitative estimate of drug-likeness (QED) is 0.387. The number of hydrogen-bond acceptors (Lipinski definition) is 4. The number of para-hydroxylation sites is 2. The summed E-state index contributed by atoms with van der Waals surface area (Å²) >= 11 is 7.10. The Hall–Kier alpha value is -2.18. The van der Waals surface area contributed by atoms with Crippen LogP contribution in [0.4, 0.5) is 0 Å². The van der Waals surface area contributed by atoms with E-state index in [9.17, 15) is 20.4 Å². The normalized spacial score (nSPS) is 10.8. The van der Waals surface area contributed by atoms with Gasteiger partial charge >= 0.3 is 0 Å². The summed E-state index contributed by atoms with van der Waals surface area (Å²) in [5.74, 6) is -0.532. The second-order valence-electron chi connectivity index (χ2n) is 5.96. The molecule has 3 rings (SSSR count). The summed E-state index contributed by atoms with van der Waals surface area (Å²) < 4.78 is 1.69. The summed E-state index contributed by atoms with van der Waals surface area (Å²) in [5, 5.41) is 39.3. The monoisotopic (exact) mass is 478 g/mol. The summed E-state index contributed by atoms with van der Waals surface area (Å²) in [6.07, 6.45) is 0.883. The van der Waals surface area contributed by atoms with Crippen molar-refractivity contribution in [1.29, 1.82) is 0 Å². The van der Waals surface area contributed by atoms with E-state index in [1.807, 2.05) is 12.1 Å². The maximum Gasteiger partial charge on any atom is 0.161 e. The molecule has 0 aliphatic heterocycles. The third kappa shape index (κ3) is 3.81. The fraction of sp³-hybridized carbons (Fsp3) is 0.100. The number of benzene rings is 3. The predicted octanol–water partition coefficient (Wildman–Crippen LogP) is 5.22. The molecule has 0 bridgehead atoms. The Morgan fingerprint density at radius 3 is 1.35 bits per heavy atom. The lowest BCUT2D eigenvalue weighted by Crippen LogP contribution is -1.96. The van der Waals surface area contributed by atoms with Gasteiger partial charge in [-0.25, -0.2) is 0 Å². The van der Waals surface area contributed by atoms with Crippen molar-refractivity contribution < 1.29 is 20.4 Å². The third-order valence-electron chi connectivity index (χ3n) is 4.17. The van der Waals surface area contributed by atoms with E-state index in [0.29, 0.717) is 24.0 Å². The molecule has 0 saturated carbocycles. The van der Waals surface area contributed by atoms with E-state index in [1.165, 1.54) is 12.1 Å². The predicted molar refractivity (Wildman–Crippen MR) is 107 cm³/mol. The zero-order chi connectivity index (χ0) is 18.8. The Labute approximate surface area is 167 Å². The molecule has 0 aromatic heterocycles. The van der Waals surface area contributed by atoms with Crippen LogP contribution >= 0.6 is 31.9 Å². The van der Waals surface area contributed by atoms with Crippen LogP contribution in [0.15, 0.2) is 57.5 Å². The highest BCUT2D eigenvalue weighted by molar-refractivity contribution is 9.11. The van der Waals surface area contributed by atoms with E-state index in [4.69, 9.17) is 0 Å². The lowest BCUT2D eigenvalue weighted by molar-refractivity contribution is 0.400. The molecule has 26 heavy (non-hydrogen) atoms. The molecule has 0 aliphatic carbocycles. The number of hydrogen-bond donors (Lipinski definition) is 4. The van der Waals surface area contributed by atoms with Gasteiger partial charge in [-0.15, -0.1) is 0 Å². The fourth-order valence-corrected chi connectivity index (χ4v) is 3.81. The van der Waals surface area contributed by atoms with Gasteiger partial charge in [0.1, 0.15) is 0 Å². The van der Waals surface area contributed by atoms with Crippen molar-refractivity contribution in [3.8, 4) is 23.0 Å². The molecule has 4 N–H and O–H groups in total. The van der Waals surface area contributed by atoms with Gasteiger partial charge in [0.15, 0.2) is 23.0 Å². The number of rotatable bonds is 4. The molecule has 0 unspecified atom stereocenters. The summed E-state index contributed by atoms with van der Waals surface area (Å²) in [5.41, 5.74) is 3.11. The van der Waals surface area contributed by atoms with Gasteiger partial charge in [-0.3, -0.25) is 0 Å². The van der Waals surface area contributed by atoms with E-state index in [1.54, 1.807) is 24.3 Å². The first-order chi connectivity index (χ1) is 12.4. The molecule has 0 saturated heterocycles. The van der Waals surface area contributed by atoms with Crippen molar-refractivity contribution in [2.75, 3.05) is 0 Å². The van der Waals surface area contributed by atoms with Gasteiger partial charge in [-0.05, 0) is 35.4 Å². The maximum atomic E-state index is 10.00. The third-order valence-corrected chi connectivity index (χ3v) is 5.65. The molecule has 0 fully saturated rings. The van der Waals surface area contributed by atoms with Gasteiger partial charge in [-0.2, -0.15) is 0 Å². The average molecular weight is 480 g/mol. The lowest BCUT2D eigenvalue weighted by Gasteiger charge is -2.13. The van der Waals surface area contributed by atoms with Crippen molar-refractivity contribution in [3.05, 3.63) is 79.7 Å². The Bertz CT molecular complexity index is 891. The number of phenols is 4. The van der Waals surface area contributed by atoms with Gasteiger partial charge < -0.3 is 20.4 Å². The Balaban J connectivity index is 1.91. The van der Waals surface area contributed by atoms with Crippen LogP contribution in [-0.4, -0.2) is 20.4 Å². The number of aromatic hydroxyl groups is 4. The molecule has 6 heteroatoms.